The van der Waals surface area contributed by atoms with Gasteiger partial charge in [-0.15, -0.1) is 0 Å². The second-order valence-electron chi connectivity index (χ2n) is 5.46. The number of benzene rings is 1. The summed E-state index contributed by atoms with van der Waals surface area (Å²) in [4.78, 5) is 11.7. The average molecular weight is 326 g/mol. The van der Waals surface area contributed by atoms with Crippen molar-refractivity contribution in [1.29, 1.82) is 0 Å². The fourth-order valence-electron chi connectivity index (χ4n) is 2.03. The molecule has 2 amide bonds. The van der Waals surface area contributed by atoms with Gasteiger partial charge in [0.2, 0.25) is 0 Å². The minimum atomic E-state index is -0.812. The molecule has 22 heavy (non-hydrogen) atoms. The van der Waals surface area contributed by atoms with Crippen LogP contribution in [0.15, 0.2) is 18.2 Å². The quantitative estimate of drug-likeness (QED) is 0.719. The van der Waals surface area contributed by atoms with Gasteiger partial charge < -0.3 is 15.4 Å². The van der Waals surface area contributed by atoms with E-state index in [1.165, 1.54) is 0 Å². The van der Waals surface area contributed by atoms with Crippen molar-refractivity contribution >= 4 is 16.8 Å². The van der Waals surface area contributed by atoms with Gasteiger partial charge in [0.25, 0.3) is 0 Å². The normalized spacial score (nSPS) is 13.3. The summed E-state index contributed by atoms with van der Waals surface area (Å²) in [5.74, 6) is 1.48. The summed E-state index contributed by atoms with van der Waals surface area (Å²) in [7, 11) is -0.812. The van der Waals surface area contributed by atoms with E-state index >= 15 is 0 Å². The van der Waals surface area contributed by atoms with Gasteiger partial charge in [0.05, 0.1) is 6.04 Å². The Bertz CT molecular complexity index is 500. The lowest BCUT2D eigenvalue weighted by Gasteiger charge is -2.17. The number of carbonyl (C=O) groups is 1. The Balaban J connectivity index is 2.29. The van der Waals surface area contributed by atoms with Crippen LogP contribution in [-0.2, 0) is 10.8 Å². The van der Waals surface area contributed by atoms with Crippen molar-refractivity contribution in [3.8, 4) is 5.75 Å². The van der Waals surface area contributed by atoms with E-state index in [-0.39, 0.29) is 12.1 Å². The predicted molar refractivity (Wildman–Crippen MR) is 91.0 cm³/mol. The van der Waals surface area contributed by atoms with Crippen LogP contribution in [0, 0.1) is 13.8 Å². The summed E-state index contributed by atoms with van der Waals surface area (Å²) in [6, 6.07) is 5.69. The zero-order chi connectivity index (χ0) is 16.5. The van der Waals surface area contributed by atoms with E-state index in [1.54, 1.807) is 6.26 Å². The molecular weight excluding hydrogens is 300 g/mol. The molecule has 1 rings (SSSR count). The van der Waals surface area contributed by atoms with E-state index in [0.717, 1.165) is 16.9 Å². The first-order valence-corrected chi connectivity index (χ1v) is 9.16. The highest BCUT2D eigenvalue weighted by atomic mass is 32.2. The van der Waals surface area contributed by atoms with Crippen molar-refractivity contribution in [2.75, 3.05) is 25.2 Å². The van der Waals surface area contributed by atoms with Crippen LogP contribution in [0.25, 0.3) is 0 Å². The Morgan fingerprint density at radius 1 is 1.32 bits per heavy atom. The number of amides is 2. The second kappa shape index (κ2) is 9.46. The van der Waals surface area contributed by atoms with E-state index in [2.05, 4.69) is 10.6 Å². The van der Waals surface area contributed by atoms with Gasteiger partial charge in [-0.3, -0.25) is 4.21 Å². The first-order chi connectivity index (χ1) is 10.4. The highest BCUT2D eigenvalue weighted by Gasteiger charge is 2.09. The molecule has 1 aromatic carbocycles. The van der Waals surface area contributed by atoms with Gasteiger partial charge in [-0.25, -0.2) is 4.79 Å². The van der Waals surface area contributed by atoms with Crippen LogP contribution in [0.2, 0.25) is 0 Å². The molecule has 0 spiro atoms. The van der Waals surface area contributed by atoms with Gasteiger partial charge in [0.15, 0.2) is 0 Å². The van der Waals surface area contributed by atoms with Crippen LogP contribution in [0.4, 0.5) is 4.79 Å². The summed E-state index contributed by atoms with van der Waals surface area (Å²) >= 11 is 0. The van der Waals surface area contributed by atoms with Crippen molar-refractivity contribution in [2.24, 2.45) is 0 Å². The van der Waals surface area contributed by atoms with Crippen LogP contribution in [0.1, 0.15) is 24.5 Å². The summed E-state index contributed by atoms with van der Waals surface area (Å²) < 4.78 is 16.7. The lowest BCUT2D eigenvalue weighted by molar-refractivity contribution is 0.226. The number of urea groups is 1. The van der Waals surface area contributed by atoms with Crippen LogP contribution < -0.4 is 15.4 Å². The van der Waals surface area contributed by atoms with Crippen LogP contribution in [0.5, 0.6) is 5.75 Å². The maximum atomic E-state index is 11.7. The van der Waals surface area contributed by atoms with Gasteiger partial charge in [-0.05, 0) is 38.3 Å². The third-order valence-electron chi connectivity index (χ3n) is 3.16. The Morgan fingerprint density at radius 3 is 2.55 bits per heavy atom. The molecule has 0 saturated carbocycles. The van der Waals surface area contributed by atoms with Gasteiger partial charge in [0.1, 0.15) is 12.4 Å². The molecule has 124 valence electrons. The number of hydrogen-bond acceptors (Lipinski definition) is 3. The predicted octanol–water partition coefficient (Wildman–Crippen LogP) is 2.14. The molecule has 0 bridgehead atoms. The largest absolute Gasteiger partial charge is 0.491 e. The molecule has 0 fully saturated rings. The molecule has 0 aliphatic carbocycles. The third-order valence-corrected chi connectivity index (χ3v) is 4.02. The minimum absolute atomic E-state index is 0.0979. The molecule has 0 aliphatic heterocycles. The molecule has 0 heterocycles. The monoisotopic (exact) mass is 326 g/mol. The van der Waals surface area contributed by atoms with E-state index in [9.17, 15) is 9.00 Å². The van der Waals surface area contributed by atoms with Crippen molar-refractivity contribution in [2.45, 2.75) is 33.2 Å². The van der Waals surface area contributed by atoms with Crippen LogP contribution in [0.3, 0.4) is 0 Å². The molecule has 0 aromatic heterocycles. The third kappa shape index (κ3) is 6.93. The molecule has 2 N–H and O–H groups in total. The zero-order valence-corrected chi connectivity index (χ0v) is 14.6. The minimum Gasteiger partial charge on any atom is -0.491 e. The number of ether oxygens (including phenoxy) is 1. The summed E-state index contributed by atoms with van der Waals surface area (Å²) in [5, 5.41) is 5.58. The number of nitrogens with one attached hydrogen (secondary N) is 2. The van der Waals surface area contributed by atoms with Gasteiger partial charge in [-0.2, -0.15) is 0 Å². The summed E-state index contributed by atoms with van der Waals surface area (Å²) in [6.45, 7) is 6.85. The summed E-state index contributed by atoms with van der Waals surface area (Å²) in [5.41, 5.74) is 2.17. The Hall–Kier alpha value is -1.56. The maximum absolute atomic E-state index is 11.7. The van der Waals surface area contributed by atoms with E-state index < -0.39 is 10.8 Å². The lowest BCUT2D eigenvalue weighted by atomic mass is 10.1. The highest BCUT2D eigenvalue weighted by molar-refractivity contribution is 7.84. The van der Waals surface area contributed by atoms with Crippen molar-refractivity contribution in [1.82, 2.24) is 10.6 Å². The molecule has 0 radical (unpaired) electrons. The topological polar surface area (TPSA) is 67.4 Å². The fourth-order valence-corrected chi connectivity index (χ4v) is 2.58. The lowest BCUT2D eigenvalue weighted by Crippen LogP contribution is -2.43. The number of hydrogen-bond donors (Lipinski definition) is 2. The second-order valence-corrected chi connectivity index (χ2v) is 7.02. The van der Waals surface area contributed by atoms with Crippen molar-refractivity contribution < 1.29 is 13.7 Å². The fraction of sp³-hybridized carbons (Fsp3) is 0.562. The van der Waals surface area contributed by atoms with E-state index in [1.807, 2.05) is 39.0 Å². The Morgan fingerprint density at radius 2 is 1.95 bits per heavy atom. The molecule has 5 nitrogen and oxygen atoms in total. The molecule has 0 unspecified atom stereocenters. The van der Waals surface area contributed by atoms with Crippen molar-refractivity contribution in [3.63, 3.8) is 0 Å². The summed E-state index contributed by atoms with van der Waals surface area (Å²) in [6.07, 6.45) is 2.37. The first kappa shape index (κ1) is 18.5. The molecule has 0 aliphatic rings. The van der Waals surface area contributed by atoms with Crippen LogP contribution >= 0.6 is 0 Å². The molecule has 2 atom stereocenters. The van der Waals surface area contributed by atoms with Gasteiger partial charge in [0, 0.05) is 29.4 Å². The van der Waals surface area contributed by atoms with Gasteiger partial charge in [-0.1, -0.05) is 18.2 Å². The average Bonchev–Trinajstić information content (AvgIpc) is 2.43. The Labute approximate surface area is 135 Å². The molecular formula is C16H26N2O3S. The molecule has 1 aromatic rings. The standard InChI is InChI=1S/C16H26N2O3S/c1-12-7-5-8-13(2)15(12)21-11-14(3)18-16(19)17-9-6-10-22(4)20/h5,7-8,14H,6,9-11H2,1-4H3,(H2,17,18,19)/t14-,22-/m1/s1. The smallest absolute Gasteiger partial charge is 0.315 e. The zero-order valence-electron chi connectivity index (χ0n) is 13.8. The first-order valence-electron chi connectivity index (χ1n) is 7.43. The molecule has 6 heteroatoms. The van der Waals surface area contributed by atoms with Crippen molar-refractivity contribution in [3.05, 3.63) is 29.3 Å². The SMILES string of the molecule is Cc1cccc(C)c1OC[C@@H](C)NC(=O)NCCC[S@@](C)=O. The number of carbonyl (C=O) groups excluding carboxylic acids is 1. The van der Waals surface area contributed by atoms with E-state index in [4.69, 9.17) is 4.74 Å². The number of rotatable bonds is 8. The molecule has 0 saturated heterocycles. The number of para-hydroxylation sites is 1. The maximum Gasteiger partial charge on any atom is 0.315 e. The Kier molecular flexibility index (Phi) is 7.95. The van der Waals surface area contributed by atoms with Gasteiger partial charge >= 0.3 is 6.03 Å². The van der Waals surface area contributed by atoms with E-state index in [0.29, 0.717) is 25.3 Å². The van der Waals surface area contributed by atoms with Crippen LogP contribution in [-0.4, -0.2) is 41.4 Å². The highest BCUT2D eigenvalue weighted by Crippen LogP contribution is 2.22. The number of aryl methyl sites for hydroxylation is 2.